The van der Waals surface area contributed by atoms with Crippen LogP contribution in [0.15, 0.2) is 30.3 Å². The Kier molecular flexibility index (Phi) is 2.08. The quantitative estimate of drug-likeness (QED) is 0.747. The van der Waals surface area contributed by atoms with Crippen molar-refractivity contribution >= 4 is 16.7 Å². The summed E-state index contributed by atoms with van der Waals surface area (Å²) in [6.07, 6.45) is 0. The number of hydrogen-bond acceptors (Lipinski definition) is 2. The lowest BCUT2D eigenvalue weighted by atomic mass is 10.0. The Balaban J connectivity index is 2.84. The van der Waals surface area contributed by atoms with Crippen LogP contribution >= 0.6 is 0 Å². The largest absolute Gasteiger partial charge is 0.507 e. The van der Waals surface area contributed by atoms with Gasteiger partial charge in [-0.1, -0.05) is 18.2 Å². The number of carbonyl (C=O) groups is 1. The second kappa shape index (κ2) is 3.28. The zero-order chi connectivity index (χ0) is 11.0. The Morgan fingerprint density at radius 2 is 2.00 bits per heavy atom. The molecular formula is C12H10O3. The van der Waals surface area contributed by atoms with Crippen molar-refractivity contribution in [3.63, 3.8) is 0 Å². The van der Waals surface area contributed by atoms with Crippen molar-refractivity contribution in [1.82, 2.24) is 0 Å². The van der Waals surface area contributed by atoms with E-state index in [0.717, 1.165) is 10.9 Å². The fourth-order valence-corrected chi connectivity index (χ4v) is 1.71. The van der Waals surface area contributed by atoms with E-state index in [4.69, 9.17) is 5.11 Å². The molecule has 0 aromatic heterocycles. The molecule has 0 fully saturated rings. The minimum atomic E-state index is -1.03. The van der Waals surface area contributed by atoms with E-state index in [1.54, 1.807) is 12.1 Å². The number of phenolic OH excluding ortho intramolecular Hbond substituents is 1. The van der Waals surface area contributed by atoms with Crippen molar-refractivity contribution in [2.24, 2.45) is 0 Å². The summed E-state index contributed by atoms with van der Waals surface area (Å²) in [7, 11) is 0. The Bertz CT molecular complexity index is 544. The van der Waals surface area contributed by atoms with Crippen LogP contribution in [0.25, 0.3) is 10.8 Å². The summed E-state index contributed by atoms with van der Waals surface area (Å²) in [6, 6.07) is 8.34. The van der Waals surface area contributed by atoms with Crippen LogP contribution < -0.4 is 0 Å². The lowest BCUT2D eigenvalue weighted by molar-refractivity contribution is 0.0696. The van der Waals surface area contributed by atoms with Gasteiger partial charge in [-0.3, -0.25) is 0 Å². The van der Waals surface area contributed by atoms with Crippen molar-refractivity contribution in [2.45, 2.75) is 6.92 Å². The third-order valence-electron chi connectivity index (χ3n) is 2.41. The molecule has 0 unspecified atom stereocenters. The predicted molar refractivity (Wildman–Crippen MR) is 57.3 cm³/mol. The van der Waals surface area contributed by atoms with Gasteiger partial charge in [-0.25, -0.2) is 4.79 Å². The Hall–Kier alpha value is -2.03. The first-order valence-electron chi connectivity index (χ1n) is 4.55. The van der Waals surface area contributed by atoms with Crippen LogP contribution in [-0.4, -0.2) is 16.2 Å². The van der Waals surface area contributed by atoms with Gasteiger partial charge >= 0.3 is 5.97 Å². The third-order valence-corrected chi connectivity index (χ3v) is 2.41. The molecule has 2 aromatic rings. The summed E-state index contributed by atoms with van der Waals surface area (Å²) in [5, 5.41) is 20.0. The molecule has 15 heavy (non-hydrogen) atoms. The SMILES string of the molecule is Cc1cccc2cc(C(=O)O)cc(O)c12. The number of fused-ring (bicyclic) bond motifs is 1. The van der Waals surface area contributed by atoms with Crippen LogP contribution in [0, 0.1) is 6.92 Å². The molecule has 2 rings (SSSR count). The number of carboxylic acid groups (broad SMARTS) is 1. The zero-order valence-electron chi connectivity index (χ0n) is 8.19. The summed E-state index contributed by atoms with van der Waals surface area (Å²) < 4.78 is 0. The number of aromatic hydroxyl groups is 1. The second-order valence-electron chi connectivity index (χ2n) is 3.47. The fourth-order valence-electron chi connectivity index (χ4n) is 1.71. The highest BCUT2D eigenvalue weighted by Crippen LogP contribution is 2.29. The molecular weight excluding hydrogens is 192 g/mol. The molecule has 0 spiro atoms. The monoisotopic (exact) mass is 202 g/mol. The Labute approximate surface area is 86.6 Å². The number of aromatic carboxylic acids is 1. The smallest absolute Gasteiger partial charge is 0.335 e. The highest BCUT2D eigenvalue weighted by molar-refractivity contribution is 5.98. The summed E-state index contributed by atoms with van der Waals surface area (Å²) in [5.41, 5.74) is 1.03. The van der Waals surface area contributed by atoms with E-state index in [9.17, 15) is 9.90 Å². The molecule has 0 radical (unpaired) electrons. The third kappa shape index (κ3) is 1.52. The predicted octanol–water partition coefficient (Wildman–Crippen LogP) is 2.55. The molecule has 2 aromatic carbocycles. The van der Waals surface area contributed by atoms with Crippen molar-refractivity contribution in [2.75, 3.05) is 0 Å². The van der Waals surface area contributed by atoms with E-state index >= 15 is 0 Å². The Morgan fingerprint density at radius 1 is 1.27 bits per heavy atom. The summed E-state index contributed by atoms with van der Waals surface area (Å²) in [6.45, 7) is 1.88. The van der Waals surface area contributed by atoms with Gasteiger partial charge in [0.05, 0.1) is 5.56 Å². The molecule has 3 heteroatoms. The van der Waals surface area contributed by atoms with Crippen LogP contribution in [0.4, 0.5) is 0 Å². The van der Waals surface area contributed by atoms with Gasteiger partial charge in [-0.2, -0.15) is 0 Å². The average molecular weight is 202 g/mol. The van der Waals surface area contributed by atoms with Gasteiger partial charge in [0.15, 0.2) is 0 Å². The van der Waals surface area contributed by atoms with E-state index < -0.39 is 5.97 Å². The molecule has 0 aliphatic rings. The zero-order valence-corrected chi connectivity index (χ0v) is 8.19. The Morgan fingerprint density at radius 3 is 2.67 bits per heavy atom. The topological polar surface area (TPSA) is 57.5 Å². The van der Waals surface area contributed by atoms with Gasteiger partial charge in [0.1, 0.15) is 5.75 Å². The van der Waals surface area contributed by atoms with Crippen LogP contribution in [-0.2, 0) is 0 Å². The van der Waals surface area contributed by atoms with E-state index in [0.29, 0.717) is 5.39 Å². The molecule has 3 nitrogen and oxygen atoms in total. The molecule has 0 atom stereocenters. The second-order valence-corrected chi connectivity index (χ2v) is 3.47. The van der Waals surface area contributed by atoms with Crippen molar-refractivity contribution in [3.05, 3.63) is 41.5 Å². The molecule has 0 heterocycles. The van der Waals surface area contributed by atoms with Gasteiger partial charge in [-0.05, 0) is 30.0 Å². The van der Waals surface area contributed by atoms with Gasteiger partial charge in [0, 0.05) is 5.39 Å². The molecule has 0 amide bonds. The number of aryl methyl sites for hydroxylation is 1. The van der Waals surface area contributed by atoms with E-state index in [-0.39, 0.29) is 11.3 Å². The first kappa shape index (κ1) is 9.52. The summed E-state index contributed by atoms with van der Waals surface area (Å²) in [5.74, 6) is -1.02. The van der Waals surface area contributed by atoms with E-state index in [1.807, 2.05) is 19.1 Å². The average Bonchev–Trinajstić information content (AvgIpc) is 2.17. The van der Waals surface area contributed by atoms with Crippen LogP contribution in [0.1, 0.15) is 15.9 Å². The number of carboxylic acids is 1. The van der Waals surface area contributed by atoms with Crippen molar-refractivity contribution < 1.29 is 15.0 Å². The van der Waals surface area contributed by atoms with E-state index in [2.05, 4.69) is 0 Å². The van der Waals surface area contributed by atoms with Crippen LogP contribution in [0.5, 0.6) is 5.75 Å². The lowest BCUT2D eigenvalue weighted by Gasteiger charge is -2.05. The summed E-state index contributed by atoms with van der Waals surface area (Å²) in [4.78, 5) is 10.8. The molecule has 0 aliphatic carbocycles. The van der Waals surface area contributed by atoms with E-state index in [1.165, 1.54) is 6.07 Å². The molecule has 0 saturated carbocycles. The molecule has 0 saturated heterocycles. The lowest BCUT2D eigenvalue weighted by Crippen LogP contribution is -1.96. The number of phenols is 1. The van der Waals surface area contributed by atoms with Gasteiger partial charge in [-0.15, -0.1) is 0 Å². The highest BCUT2D eigenvalue weighted by atomic mass is 16.4. The first-order chi connectivity index (χ1) is 7.09. The maximum absolute atomic E-state index is 10.8. The van der Waals surface area contributed by atoms with Gasteiger partial charge < -0.3 is 10.2 Å². The minimum Gasteiger partial charge on any atom is -0.507 e. The van der Waals surface area contributed by atoms with Crippen molar-refractivity contribution in [3.8, 4) is 5.75 Å². The maximum Gasteiger partial charge on any atom is 0.335 e. The van der Waals surface area contributed by atoms with Crippen molar-refractivity contribution in [1.29, 1.82) is 0 Å². The molecule has 0 aliphatic heterocycles. The van der Waals surface area contributed by atoms with Crippen LogP contribution in [0.3, 0.4) is 0 Å². The number of benzene rings is 2. The highest BCUT2D eigenvalue weighted by Gasteiger charge is 2.09. The fraction of sp³-hybridized carbons (Fsp3) is 0.0833. The van der Waals surface area contributed by atoms with Crippen LogP contribution in [0.2, 0.25) is 0 Å². The first-order valence-corrected chi connectivity index (χ1v) is 4.55. The normalized spacial score (nSPS) is 10.5. The maximum atomic E-state index is 10.8. The minimum absolute atomic E-state index is 0.0167. The van der Waals surface area contributed by atoms with Gasteiger partial charge in [0.2, 0.25) is 0 Å². The standard InChI is InChI=1S/C12H10O3/c1-7-3-2-4-8-5-9(12(14)15)6-10(13)11(7)8/h2-6,13H,1H3,(H,14,15). The molecule has 2 N–H and O–H groups in total. The molecule has 76 valence electrons. The number of rotatable bonds is 1. The van der Waals surface area contributed by atoms with Gasteiger partial charge in [0.25, 0.3) is 0 Å². The summed E-state index contributed by atoms with van der Waals surface area (Å²) >= 11 is 0. The number of hydrogen-bond donors (Lipinski definition) is 2. The molecule has 0 bridgehead atoms.